The second kappa shape index (κ2) is 5.12. The first kappa shape index (κ1) is 14.0. The van der Waals surface area contributed by atoms with Crippen LogP contribution in [0.3, 0.4) is 0 Å². The fraction of sp³-hybridized carbons (Fsp3) is 0.615. The molecule has 0 unspecified atom stereocenters. The van der Waals surface area contributed by atoms with Crippen molar-refractivity contribution in [3.8, 4) is 0 Å². The Kier molecular flexibility index (Phi) is 3.42. The van der Waals surface area contributed by atoms with E-state index in [2.05, 4.69) is 38.8 Å². The molecule has 114 valence electrons. The summed E-state index contributed by atoms with van der Waals surface area (Å²) in [5, 5.41) is 6.39. The Balaban J connectivity index is 1.75. The minimum absolute atomic E-state index is 0.0268. The molecule has 8 heteroatoms. The second-order valence-electron chi connectivity index (χ2n) is 5.99. The van der Waals surface area contributed by atoms with Crippen LogP contribution in [0.25, 0.3) is 5.65 Å². The van der Waals surface area contributed by atoms with E-state index in [4.69, 9.17) is 5.73 Å². The maximum atomic E-state index is 11.4. The molecule has 0 amide bonds. The second-order valence-corrected chi connectivity index (χ2v) is 5.99. The van der Waals surface area contributed by atoms with E-state index in [1.54, 1.807) is 0 Å². The number of nitrogens with one attached hydrogen (secondary N) is 1. The van der Waals surface area contributed by atoms with Gasteiger partial charge in [-0.25, -0.2) is 19.3 Å². The molecule has 3 N–H and O–H groups in total. The van der Waals surface area contributed by atoms with Gasteiger partial charge in [0.2, 0.25) is 0 Å². The predicted molar refractivity (Wildman–Crippen MR) is 80.5 cm³/mol. The third-order valence-corrected chi connectivity index (χ3v) is 4.25. The molecule has 0 saturated carbocycles. The van der Waals surface area contributed by atoms with Crippen molar-refractivity contribution >= 4 is 11.5 Å². The van der Waals surface area contributed by atoms with Crippen LogP contribution in [0.5, 0.6) is 0 Å². The Morgan fingerprint density at radius 2 is 2.05 bits per heavy atom. The predicted octanol–water partition coefficient (Wildman–Crippen LogP) is -0.723. The van der Waals surface area contributed by atoms with Gasteiger partial charge in [0.05, 0.1) is 0 Å². The molecule has 0 bridgehead atoms. The first-order valence-corrected chi connectivity index (χ1v) is 7.14. The van der Waals surface area contributed by atoms with Crippen molar-refractivity contribution in [3.63, 3.8) is 0 Å². The lowest BCUT2D eigenvalue weighted by Crippen LogP contribution is -2.57. The summed E-state index contributed by atoms with van der Waals surface area (Å²) >= 11 is 0. The van der Waals surface area contributed by atoms with Gasteiger partial charge in [0.15, 0.2) is 5.65 Å². The SMILES string of the molecule is CC(C)(CN)N1CCN(c2cc3n[nH]c(=O)n3cn2)CC1. The topological polar surface area (TPSA) is 95.5 Å². The fourth-order valence-corrected chi connectivity index (χ4v) is 2.64. The molecular formula is C13H21N7O. The summed E-state index contributed by atoms with van der Waals surface area (Å²) in [7, 11) is 0. The third-order valence-electron chi connectivity index (χ3n) is 4.25. The van der Waals surface area contributed by atoms with Gasteiger partial charge < -0.3 is 10.6 Å². The van der Waals surface area contributed by atoms with E-state index >= 15 is 0 Å². The Hall–Kier alpha value is -1.93. The van der Waals surface area contributed by atoms with Crippen molar-refractivity contribution in [1.82, 2.24) is 24.5 Å². The number of fused-ring (bicyclic) bond motifs is 1. The van der Waals surface area contributed by atoms with E-state index in [9.17, 15) is 4.79 Å². The molecule has 0 radical (unpaired) electrons. The Labute approximate surface area is 122 Å². The molecule has 1 aliphatic heterocycles. The molecule has 2 aromatic heterocycles. The van der Waals surface area contributed by atoms with Crippen LogP contribution in [-0.2, 0) is 0 Å². The van der Waals surface area contributed by atoms with Crippen LogP contribution >= 0.6 is 0 Å². The quantitative estimate of drug-likeness (QED) is 0.774. The fourth-order valence-electron chi connectivity index (χ4n) is 2.64. The van der Waals surface area contributed by atoms with Crippen LogP contribution in [-0.4, -0.2) is 62.7 Å². The monoisotopic (exact) mass is 291 g/mol. The van der Waals surface area contributed by atoms with Crippen molar-refractivity contribution in [3.05, 3.63) is 22.9 Å². The van der Waals surface area contributed by atoms with Gasteiger partial charge in [0.1, 0.15) is 12.1 Å². The first-order valence-electron chi connectivity index (χ1n) is 7.14. The van der Waals surface area contributed by atoms with E-state index in [-0.39, 0.29) is 11.2 Å². The number of hydrogen-bond acceptors (Lipinski definition) is 6. The number of piperazine rings is 1. The molecule has 1 aliphatic rings. The number of H-pyrrole nitrogens is 1. The summed E-state index contributed by atoms with van der Waals surface area (Å²) in [5.41, 5.74) is 6.19. The number of nitrogens with zero attached hydrogens (tertiary/aromatic N) is 5. The number of aromatic nitrogens is 4. The zero-order valence-corrected chi connectivity index (χ0v) is 12.4. The minimum atomic E-state index is -0.265. The van der Waals surface area contributed by atoms with Crippen LogP contribution in [0, 0.1) is 0 Å². The summed E-state index contributed by atoms with van der Waals surface area (Å²) in [6.45, 7) is 8.66. The lowest BCUT2D eigenvalue weighted by Gasteiger charge is -2.43. The molecule has 2 aromatic rings. The van der Waals surface area contributed by atoms with Crippen molar-refractivity contribution in [2.24, 2.45) is 5.73 Å². The number of nitrogens with two attached hydrogens (primary N) is 1. The Morgan fingerprint density at radius 3 is 2.71 bits per heavy atom. The zero-order valence-electron chi connectivity index (χ0n) is 12.4. The zero-order chi connectivity index (χ0) is 15.0. The highest BCUT2D eigenvalue weighted by Crippen LogP contribution is 2.19. The molecule has 0 spiro atoms. The minimum Gasteiger partial charge on any atom is -0.354 e. The van der Waals surface area contributed by atoms with E-state index in [0.29, 0.717) is 12.2 Å². The van der Waals surface area contributed by atoms with Gasteiger partial charge in [0.25, 0.3) is 0 Å². The van der Waals surface area contributed by atoms with E-state index in [1.807, 2.05) is 6.07 Å². The van der Waals surface area contributed by atoms with Crippen molar-refractivity contribution < 1.29 is 0 Å². The molecule has 0 aliphatic carbocycles. The summed E-state index contributed by atoms with van der Waals surface area (Å²) < 4.78 is 1.40. The van der Waals surface area contributed by atoms with Crippen molar-refractivity contribution in [2.75, 3.05) is 37.6 Å². The molecule has 0 atom stereocenters. The normalized spacial score (nSPS) is 17.6. The van der Waals surface area contributed by atoms with E-state index < -0.39 is 0 Å². The van der Waals surface area contributed by atoms with Gasteiger partial charge in [0, 0.05) is 44.3 Å². The first-order chi connectivity index (χ1) is 10.0. The van der Waals surface area contributed by atoms with Gasteiger partial charge in [-0.05, 0) is 13.8 Å². The Morgan fingerprint density at radius 1 is 1.33 bits per heavy atom. The van der Waals surface area contributed by atoms with Crippen LogP contribution in [0.1, 0.15) is 13.8 Å². The van der Waals surface area contributed by atoms with Crippen LogP contribution in [0.15, 0.2) is 17.2 Å². The average molecular weight is 291 g/mol. The highest BCUT2D eigenvalue weighted by Gasteiger charge is 2.29. The lowest BCUT2D eigenvalue weighted by atomic mass is 10.0. The number of rotatable bonds is 3. The molecule has 1 saturated heterocycles. The summed E-state index contributed by atoms with van der Waals surface area (Å²) in [6, 6.07) is 1.83. The average Bonchev–Trinajstić information content (AvgIpc) is 2.88. The standard InChI is InChI=1S/C13H21N7O/c1-13(2,8-14)19-5-3-18(4-6-19)10-7-11-16-17-12(21)20(11)9-15-10/h7,9H,3-6,8,14H2,1-2H3,(H,17,21). The summed E-state index contributed by atoms with van der Waals surface area (Å²) in [4.78, 5) is 20.4. The number of anilines is 1. The van der Waals surface area contributed by atoms with E-state index in [0.717, 1.165) is 32.0 Å². The van der Waals surface area contributed by atoms with Crippen LogP contribution in [0.2, 0.25) is 0 Å². The van der Waals surface area contributed by atoms with Gasteiger partial charge in [-0.15, -0.1) is 0 Å². The van der Waals surface area contributed by atoms with Crippen LogP contribution < -0.4 is 16.3 Å². The summed E-state index contributed by atoms with van der Waals surface area (Å²) in [5.74, 6) is 0.853. The van der Waals surface area contributed by atoms with E-state index in [1.165, 1.54) is 10.7 Å². The molecule has 3 heterocycles. The number of hydrogen-bond donors (Lipinski definition) is 2. The summed E-state index contributed by atoms with van der Waals surface area (Å²) in [6.07, 6.45) is 1.52. The smallest absolute Gasteiger partial charge is 0.348 e. The third kappa shape index (κ3) is 2.52. The molecule has 8 nitrogen and oxygen atoms in total. The molecular weight excluding hydrogens is 270 g/mol. The van der Waals surface area contributed by atoms with Gasteiger partial charge in [-0.2, -0.15) is 5.10 Å². The maximum Gasteiger partial charge on any atom is 0.348 e. The van der Waals surface area contributed by atoms with Gasteiger partial charge in [-0.3, -0.25) is 4.90 Å². The molecule has 0 aromatic carbocycles. The lowest BCUT2D eigenvalue weighted by molar-refractivity contribution is 0.119. The highest BCUT2D eigenvalue weighted by atomic mass is 16.1. The van der Waals surface area contributed by atoms with Crippen molar-refractivity contribution in [2.45, 2.75) is 19.4 Å². The molecule has 21 heavy (non-hydrogen) atoms. The van der Waals surface area contributed by atoms with Crippen LogP contribution in [0.4, 0.5) is 5.82 Å². The highest BCUT2D eigenvalue weighted by molar-refractivity contribution is 5.50. The maximum absolute atomic E-state index is 11.4. The largest absolute Gasteiger partial charge is 0.354 e. The van der Waals surface area contributed by atoms with Gasteiger partial charge in [-0.1, -0.05) is 0 Å². The van der Waals surface area contributed by atoms with Gasteiger partial charge >= 0.3 is 5.69 Å². The molecule has 1 fully saturated rings. The Bertz CT molecular complexity index is 681. The number of aromatic amines is 1. The molecule has 3 rings (SSSR count). The van der Waals surface area contributed by atoms with Crippen molar-refractivity contribution in [1.29, 1.82) is 0 Å².